The number of likely N-dealkylation sites (tertiary alicyclic amines) is 1. The van der Waals surface area contributed by atoms with Crippen LogP contribution in [0.25, 0.3) is 11.4 Å². The molecule has 2 aliphatic heterocycles. The Balaban J connectivity index is 1.23. The number of hydrogen-bond acceptors (Lipinski definition) is 11. The van der Waals surface area contributed by atoms with Crippen LogP contribution < -0.4 is 26.8 Å². The van der Waals surface area contributed by atoms with Gasteiger partial charge in [-0.05, 0) is 57.0 Å². The SMILES string of the molecule is NC(N)=C(/C=C(\N)c1ccccc1OC(=O)COC(=O)CN1CCCC1)n1cc(N2CCN(C3CCCCC3)CC2=O)cn1. The molecular formula is C31H42N8O5. The molecule has 5 rings (SSSR count). The summed E-state index contributed by atoms with van der Waals surface area (Å²) in [6, 6.07) is 7.17. The van der Waals surface area contributed by atoms with Gasteiger partial charge in [-0.25, -0.2) is 9.48 Å². The molecule has 3 fully saturated rings. The number of amides is 1. The summed E-state index contributed by atoms with van der Waals surface area (Å²) in [5.74, 6) is -1.05. The fourth-order valence-electron chi connectivity index (χ4n) is 6.07. The fourth-order valence-corrected chi connectivity index (χ4v) is 6.07. The third kappa shape index (κ3) is 7.77. The second kappa shape index (κ2) is 14.4. The quantitative estimate of drug-likeness (QED) is 0.203. The number of esters is 2. The van der Waals surface area contributed by atoms with Crippen molar-refractivity contribution in [3.63, 3.8) is 0 Å². The highest BCUT2D eigenvalue weighted by Crippen LogP contribution is 2.28. The standard InChI is InChI=1S/C31H42N8O5/c32-25(24-10-4-5-11-27(24)44-30(42)21-43-29(41)20-36-12-6-7-13-36)16-26(31(33)34)39-18-23(17-35-39)38-15-14-37(19-28(38)40)22-8-2-1-3-9-22/h4-5,10-11,16-18,22H,1-3,6-9,12-15,19-21,32-34H2/b25-16-. The molecule has 1 saturated carbocycles. The average molecular weight is 607 g/mol. The third-order valence-electron chi connectivity index (χ3n) is 8.38. The Kier molecular flexibility index (Phi) is 10.2. The van der Waals surface area contributed by atoms with E-state index in [9.17, 15) is 14.4 Å². The lowest BCUT2D eigenvalue weighted by Gasteiger charge is -2.39. The molecule has 3 heterocycles. The third-order valence-corrected chi connectivity index (χ3v) is 8.38. The summed E-state index contributed by atoms with van der Waals surface area (Å²) >= 11 is 0. The molecule has 1 amide bonds. The van der Waals surface area contributed by atoms with Crippen molar-refractivity contribution >= 4 is 34.9 Å². The minimum atomic E-state index is -0.737. The van der Waals surface area contributed by atoms with Crippen molar-refractivity contribution in [2.45, 2.75) is 51.0 Å². The van der Waals surface area contributed by atoms with Gasteiger partial charge in [0.15, 0.2) is 6.61 Å². The first-order chi connectivity index (χ1) is 21.3. The lowest BCUT2D eigenvalue weighted by Crippen LogP contribution is -2.54. The number of nitrogens with zero attached hydrogens (tertiary/aromatic N) is 5. The van der Waals surface area contributed by atoms with Crippen molar-refractivity contribution in [2.75, 3.05) is 50.8 Å². The van der Waals surface area contributed by atoms with E-state index in [-0.39, 0.29) is 29.7 Å². The van der Waals surface area contributed by atoms with Gasteiger partial charge in [-0.2, -0.15) is 5.10 Å². The highest BCUT2D eigenvalue weighted by Gasteiger charge is 2.31. The van der Waals surface area contributed by atoms with E-state index < -0.39 is 18.5 Å². The molecular weight excluding hydrogens is 564 g/mol. The van der Waals surface area contributed by atoms with Crippen molar-refractivity contribution in [3.05, 3.63) is 54.1 Å². The first kappa shape index (κ1) is 31.1. The minimum absolute atomic E-state index is 0.0279. The van der Waals surface area contributed by atoms with Crippen LogP contribution in [-0.4, -0.2) is 89.3 Å². The molecule has 1 aliphatic carbocycles. The molecule has 2 saturated heterocycles. The molecule has 0 unspecified atom stereocenters. The number of anilines is 1. The number of hydrogen-bond donors (Lipinski definition) is 3. The van der Waals surface area contributed by atoms with Gasteiger partial charge in [-0.1, -0.05) is 31.4 Å². The molecule has 1 aromatic heterocycles. The molecule has 13 heteroatoms. The summed E-state index contributed by atoms with van der Waals surface area (Å²) in [4.78, 5) is 43.7. The van der Waals surface area contributed by atoms with E-state index in [1.165, 1.54) is 30.0 Å². The van der Waals surface area contributed by atoms with E-state index in [1.54, 1.807) is 41.6 Å². The Morgan fingerprint density at radius 3 is 2.43 bits per heavy atom. The van der Waals surface area contributed by atoms with Gasteiger partial charge < -0.3 is 31.6 Å². The highest BCUT2D eigenvalue weighted by atomic mass is 16.6. The molecule has 3 aliphatic rings. The number of aromatic nitrogens is 2. The van der Waals surface area contributed by atoms with Crippen LogP contribution in [0.4, 0.5) is 5.69 Å². The molecule has 13 nitrogen and oxygen atoms in total. The number of carbonyl (C=O) groups is 3. The summed E-state index contributed by atoms with van der Waals surface area (Å²) in [7, 11) is 0. The molecule has 0 spiro atoms. The predicted octanol–water partition coefficient (Wildman–Crippen LogP) is 1.45. The Morgan fingerprint density at radius 2 is 1.70 bits per heavy atom. The predicted molar refractivity (Wildman–Crippen MR) is 165 cm³/mol. The Morgan fingerprint density at radius 1 is 0.955 bits per heavy atom. The Labute approximate surface area is 257 Å². The number of carbonyl (C=O) groups excluding carboxylic acids is 3. The molecule has 236 valence electrons. The zero-order valence-corrected chi connectivity index (χ0v) is 25.0. The highest BCUT2D eigenvalue weighted by molar-refractivity contribution is 5.95. The molecule has 0 atom stereocenters. The normalized spacial score (nSPS) is 18.8. The first-order valence-corrected chi connectivity index (χ1v) is 15.3. The summed E-state index contributed by atoms with van der Waals surface area (Å²) < 4.78 is 12.1. The van der Waals surface area contributed by atoms with Gasteiger partial charge in [-0.15, -0.1) is 0 Å². The van der Waals surface area contributed by atoms with Crippen molar-refractivity contribution in [2.24, 2.45) is 17.2 Å². The maximum Gasteiger partial charge on any atom is 0.349 e. The van der Waals surface area contributed by atoms with Gasteiger partial charge in [0.05, 0.1) is 31.2 Å². The lowest BCUT2D eigenvalue weighted by atomic mass is 9.94. The number of benzene rings is 1. The Hall–Kier alpha value is -4.36. The summed E-state index contributed by atoms with van der Waals surface area (Å²) in [5, 5.41) is 4.41. The van der Waals surface area contributed by atoms with Crippen LogP contribution in [0.2, 0.25) is 0 Å². The first-order valence-electron chi connectivity index (χ1n) is 15.3. The van der Waals surface area contributed by atoms with Crippen LogP contribution in [0, 0.1) is 0 Å². The largest absolute Gasteiger partial charge is 0.453 e. The maximum atomic E-state index is 13.1. The van der Waals surface area contributed by atoms with E-state index in [4.69, 9.17) is 26.7 Å². The minimum Gasteiger partial charge on any atom is -0.453 e. The van der Waals surface area contributed by atoms with Crippen molar-refractivity contribution in [3.8, 4) is 5.75 Å². The summed E-state index contributed by atoms with van der Waals surface area (Å²) in [6.07, 6.45) is 12.9. The molecule has 44 heavy (non-hydrogen) atoms. The van der Waals surface area contributed by atoms with Gasteiger partial charge in [0.25, 0.3) is 0 Å². The van der Waals surface area contributed by atoms with Gasteiger partial charge in [0, 0.05) is 30.4 Å². The van der Waals surface area contributed by atoms with Crippen LogP contribution in [-0.2, 0) is 19.1 Å². The Bertz CT molecular complexity index is 1400. The fraction of sp³-hybridized carbons (Fsp3) is 0.484. The van der Waals surface area contributed by atoms with Gasteiger partial charge in [0.1, 0.15) is 17.3 Å². The van der Waals surface area contributed by atoms with Gasteiger partial charge in [0.2, 0.25) is 5.91 Å². The number of nitrogens with two attached hydrogens (primary N) is 3. The van der Waals surface area contributed by atoms with Crippen LogP contribution in [0.1, 0.15) is 50.5 Å². The topological polar surface area (TPSA) is 175 Å². The monoisotopic (exact) mass is 606 g/mol. The van der Waals surface area contributed by atoms with Gasteiger partial charge in [-0.3, -0.25) is 19.4 Å². The zero-order chi connectivity index (χ0) is 31.1. The zero-order valence-electron chi connectivity index (χ0n) is 25.0. The molecule has 0 bridgehead atoms. The van der Waals surface area contributed by atoms with E-state index in [0.717, 1.165) is 45.3 Å². The van der Waals surface area contributed by atoms with E-state index in [0.29, 0.717) is 36.1 Å². The summed E-state index contributed by atoms with van der Waals surface area (Å²) in [5.41, 5.74) is 20.0. The molecule has 6 N–H and O–H groups in total. The number of para-hydroxylation sites is 1. The van der Waals surface area contributed by atoms with Crippen molar-refractivity contribution < 1.29 is 23.9 Å². The number of piperazine rings is 1. The van der Waals surface area contributed by atoms with Crippen LogP contribution in [0.5, 0.6) is 5.75 Å². The second-order valence-corrected chi connectivity index (χ2v) is 11.5. The lowest BCUT2D eigenvalue weighted by molar-refractivity contribution is -0.154. The number of rotatable bonds is 10. The van der Waals surface area contributed by atoms with Crippen LogP contribution >= 0.6 is 0 Å². The molecule has 1 aromatic carbocycles. The average Bonchev–Trinajstić information content (AvgIpc) is 3.72. The summed E-state index contributed by atoms with van der Waals surface area (Å²) in [6.45, 7) is 3.09. The molecule has 0 radical (unpaired) electrons. The van der Waals surface area contributed by atoms with Crippen LogP contribution in [0.15, 0.2) is 48.6 Å². The van der Waals surface area contributed by atoms with Crippen molar-refractivity contribution in [1.29, 1.82) is 0 Å². The maximum absolute atomic E-state index is 13.1. The van der Waals surface area contributed by atoms with Crippen molar-refractivity contribution in [1.82, 2.24) is 19.6 Å². The number of ether oxygens (including phenoxy) is 2. The van der Waals surface area contributed by atoms with Crippen LogP contribution in [0.3, 0.4) is 0 Å². The molecule has 2 aromatic rings. The van der Waals surface area contributed by atoms with E-state index in [1.807, 2.05) is 4.90 Å². The number of allylic oxidation sites excluding steroid dienone is 2. The van der Waals surface area contributed by atoms with E-state index >= 15 is 0 Å². The smallest absolute Gasteiger partial charge is 0.349 e. The van der Waals surface area contributed by atoms with E-state index in [2.05, 4.69) is 10.00 Å². The second-order valence-electron chi connectivity index (χ2n) is 11.5. The van der Waals surface area contributed by atoms with Gasteiger partial charge >= 0.3 is 11.9 Å².